The van der Waals surface area contributed by atoms with Gasteiger partial charge in [0.15, 0.2) is 0 Å². The highest BCUT2D eigenvalue weighted by atomic mass is 35.5. The molecule has 0 spiro atoms. The number of rotatable bonds is 5. The average molecular weight is 271 g/mol. The summed E-state index contributed by atoms with van der Waals surface area (Å²) in [6.07, 6.45) is 2.42. The fraction of sp³-hybridized carbons (Fsp3) is 0.538. The van der Waals surface area contributed by atoms with E-state index in [1.807, 2.05) is 0 Å². The van der Waals surface area contributed by atoms with E-state index in [4.69, 9.17) is 11.6 Å². The Morgan fingerprint density at radius 3 is 2.72 bits per heavy atom. The number of carbonyl (C=O) groups excluding carboxylic acids is 1. The van der Waals surface area contributed by atoms with Crippen molar-refractivity contribution in [1.82, 2.24) is 9.88 Å². The van der Waals surface area contributed by atoms with Crippen molar-refractivity contribution in [2.24, 2.45) is 13.0 Å². The minimum absolute atomic E-state index is 0.0829. The standard InChI is InChI=1S/C13H19ClN2O2/c1-9(2)6-11(14)8-15-13(18)10-4-5-16(3)12(17)7-10/h4-5,7,9,11H,6,8H2,1-3H3,(H,15,18). The van der Waals surface area contributed by atoms with Crippen LogP contribution in [0.25, 0.3) is 0 Å². The van der Waals surface area contributed by atoms with Crippen LogP contribution in [0, 0.1) is 5.92 Å². The van der Waals surface area contributed by atoms with Crippen LogP contribution < -0.4 is 10.9 Å². The summed E-state index contributed by atoms with van der Waals surface area (Å²) in [7, 11) is 1.64. The van der Waals surface area contributed by atoms with Crippen molar-refractivity contribution >= 4 is 17.5 Å². The summed E-state index contributed by atoms with van der Waals surface area (Å²) in [4.78, 5) is 23.2. The summed E-state index contributed by atoms with van der Waals surface area (Å²) in [6.45, 7) is 4.57. The number of nitrogens with one attached hydrogen (secondary N) is 1. The number of carbonyl (C=O) groups is 1. The monoisotopic (exact) mass is 270 g/mol. The van der Waals surface area contributed by atoms with Crippen LogP contribution in [-0.2, 0) is 7.05 Å². The molecule has 0 saturated heterocycles. The Bertz CT molecular complexity index is 468. The highest BCUT2D eigenvalue weighted by molar-refractivity contribution is 6.20. The average Bonchev–Trinajstić information content (AvgIpc) is 2.28. The van der Waals surface area contributed by atoms with Crippen LogP contribution in [0.3, 0.4) is 0 Å². The lowest BCUT2D eigenvalue weighted by molar-refractivity contribution is 0.0952. The van der Waals surface area contributed by atoms with E-state index in [1.54, 1.807) is 19.3 Å². The van der Waals surface area contributed by atoms with Gasteiger partial charge in [-0.3, -0.25) is 9.59 Å². The summed E-state index contributed by atoms with van der Waals surface area (Å²) < 4.78 is 1.42. The second-order valence-electron chi connectivity index (χ2n) is 4.80. The predicted octanol–water partition coefficient (Wildman–Crippen LogP) is 1.77. The summed E-state index contributed by atoms with van der Waals surface area (Å²) in [5.41, 5.74) is 0.166. The van der Waals surface area contributed by atoms with Gasteiger partial charge in [0.05, 0.1) is 5.38 Å². The van der Waals surface area contributed by atoms with E-state index >= 15 is 0 Å². The third-order valence-corrected chi connectivity index (χ3v) is 2.91. The lowest BCUT2D eigenvalue weighted by Gasteiger charge is -2.13. The van der Waals surface area contributed by atoms with Gasteiger partial charge in [0, 0.05) is 31.4 Å². The summed E-state index contributed by atoms with van der Waals surface area (Å²) in [5, 5.41) is 2.65. The van der Waals surface area contributed by atoms with Crippen LogP contribution in [0.4, 0.5) is 0 Å². The molecular weight excluding hydrogens is 252 g/mol. The normalized spacial score (nSPS) is 12.5. The molecule has 0 fully saturated rings. The first-order chi connectivity index (χ1) is 8.40. The van der Waals surface area contributed by atoms with E-state index in [-0.39, 0.29) is 16.8 Å². The van der Waals surface area contributed by atoms with Crippen molar-refractivity contribution < 1.29 is 4.79 Å². The van der Waals surface area contributed by atoms with Crippen molar-refractivity contribution in [3.05, 3.63) is 34.2 Å². The highest BCUT2D eigenvalue weighted by Crippen LogP contribution is 2.09. The number of hydrogen-bond acceptors (Lipinski definition) is 2. The fourth-order valence-electron chi connectivity index (χ4n) is 1.59. The Morgan fingerprint density at radius 2 is 2.17 bits per heavy atom. The number of hydrogen-bond donors (Lipinski definition) is 1. The van der Waals surface area contributed by atoms with Gasteiger partial charge in [0.1, 0.15) is 0 Å². The van der Waals surface area contributed by atoms with E-state index in [0.717, 1.165) is 6.42 Å². The maximum absolute atomic E-state index is 11.8. The van der Waals surface area contributed by atoms with Crippen LogP contribution in [0.2, 0.25) is 0 Å². The van der Waals surface area contributed by atoms with Crippen molar-refractivity contribution in [2.75, 3.05) is 6.54 Å². The summed E-state index contributed by atoms with van der Waals surface area (Å²) in [5.74, 6) is 0.232. The maximum atomic E-state index is 11.8. The quantitative estimate of drug-likeness (QED) is 0.829. The summed E-state index contributed by atoms with van der Waals surface area (Å²) >= 11 is 6.08. The zero-order valence-electron chi connectivity index (χ0n) is 10.9. The molecule has 1 N–H and O–H groups in total. The first kappa shape index (κ1) is 14.8. The molecule has 0 aromatic carbocycles. The van der Waals surface area contributed by atoms with Crippen molar-refractivity contribution in [2.45, 2.75) is 25.6 Å². The molecule has 0 aliphatic carbocycles. The van der Waals surface area contributed by atoms with E-state index in [2.05, 4.69) is 19.2 Å². The van der Waals surface area contributed by atoms with E-state index in [9.17, 15) is 9.59 Å². The van der Waals surface area contributed by atoms with Crippen molar-refractivity contribution in [3.63, 3.8) is 0 Å². The largest absolute Gasteiger partial charge is 0.351 e. The third-order valence-electron chi connectivity index (χ3n) is 2.58. The minimum atomic E-state index is -0.262. The summed E-state index contributed by atoms with van der Waals surface area (Å²) in [6, 6.07) is 2.93. The SMILES string of the molecule is CC(C)CC(Cl)CNC(=O)c1ccn(C)c(=O)c1. The van der Waals surface area contributed by atoms with Gasteiger partial charge in [-0.15, -0.1) is 11.6 Å². The second-order valence-corrected chi connectivity index (χ2v) is 5.42. The van der Waals surface area contributed by atoms with Gasteiger partial charge >= 0.3 is 0 Å². The molecule has 1 unspecified atom stereocenters. The molecule has 0 saturated carbocycles. The Hall–Kier alpha value is -1.29. The zero-order chi connectivity index (χ0) is 13.7. The number of aromatic nitrogens is 1. The molecule has 100 valence electrons. The maximum Gasteiger partial charge on any atom is 0.251 e. The van der Waals surface area contributed by atoms with Crippen LogP contribution in [0.15, 0.2) is 23.1 Å². The van der Waals surface area contributed by atoms with E-state index in [0.29, 0.717) is 18.0 Å². The third kappa shape index (κ3) is 4.53. The molecule has 0 aliphatic heterocycles. The first-order valence-electron chi connectivity index (χ1n) is 5.99. The van der Waals surface area contributed by atoms with Gasteiger partial charge in [0.2, 0.25) is 0 Å². The number of aryl methyl sites for hydroxylation is 1. The lowest BCUT2D eigenvalue weighted by atomic mass is 10.1. The van der Waals surface area contributed by atoms with Gasteiger partial charge < -0.3 is 9.88 Å². The molecule has 0 radical (unpaired) electrons. The van der Waals surface area contributed by atoms with Crippen LogP contribution in [0.1, 0.15) is 30.6 Å². The number of amides is 1. The topological polar surface area (TPSA) is 51.1 Å². The van der Waals surface area contributed by atoms with Crippen molar-refractivity contribution in [3.8, 4) is 0 Å². The number of pyridine rings is 1. The fourth-order valence-corrected chi connectivity index (χ4v) is 2.02. The smallest absolute Gasteiger partial charge is 0.251 e. The molecular formula is C13H19ClN2O2. The van der Waals surface area contributed by atoms with E-state index < -0.39 is 0 Å². The predicted molar refractivity (Wildman–Crippen MR) is 73.1 cm³/mol. The second kappa shape index (κ2) is 6.59. The van der Waals surface area contributed by atoms with Crippen LogP contribution >= 0.6 is 11.6 Å². The molecule has 5 heteroatoms. The van der Waals surface area contributed by atoms with Gasteiger partial charge in [-0.2, -0.15) is 0 Å². The number of halogens is 1. The molecule has 1 rings (SSSR count). The highest BCUT2D eigenvalue weighted by Gasteiger charge is 2.11. The van der Waals surface area contributed by atoms with Gasteiger partial charge in [0.25, 0.3) is 11.5 Å². The Balaban J connectivity index is 2.55. The zero-order valence-corrected chi connectivity index (χ0v) is 11.7. The molecule has 1 heterocycles. The minimum Gasteiger partial charge on any atom is -0.351 e. The Kier molecular flexibility index (Phi) is 5.41. The van der Waals surface area contributed by atoms with E-state index in [1.165, 1.54) is 10.6 Å². The lowest BCUT2D eigenvalue weighted by Crippen LogP contribution is -2.31. The van der Waals surface area contributed by atoms with Gasteiger partial charge in [-0.25, -0.2) is 0 Å². The molecule has 1 atom stereocenters. The van der Waals surface area contributed by atoms with Crippen LogP contribution in [0.5, 0.6) is 0 Å². The molecule has 1 aromatic heterocycles. The Morgan fingerprint density at radius 1 is 1.50 bits per heavy atom. The Labute approximate surface area is 112 Å². The molecule has 0 aliphatic rings. The number of alkyl halides is 1. The first-order valence-corrected chi connectivity index (χ1v) is 6.42. The number of nitrogens with zero attached hydrogens (tertiary/aromatic N) is 1. The molecule has 18 heavy (non-hydrogen) atoms. The van der Waals surface area contributed by atoms with Crippen LogP contribution in [-0.4, -0.2) is 22.4 Å². The van der Waals surface area contributed by atoms with Crippen molar-refractivity contribution in [1.29, 1.82) is 0 Å². The van der Waals surface area contributed by atoms with Gasteiger partial charge in [-0.05, 0) is 18.4 Å². The molecule has 1 aromatic rings. The van der Waals surface area contributed by atoms with Gasteiger partial charge in [-0.1, -0.05) is 13.8 Å². The molecule has 1 amide bonds. The molecule has 4 nitrogen and oxygen atoms in total. The molecule has 0 bridgehead atoms.